The molecule has 108 valence electrons. The Hall–Kier alpha value is -2.42. The summed E-state index contributed by atoms with van der Waals surface area (Å²) in [5.74, 6) is -0.239. The van der Waals surface area contributed by atoms with Crippen LogP contribution in [0.15, 0.2) is 54.2 Å². The molecule has 1 aromatic rings. The molecule has 0 aromatic heterocycles. The lowest BCUT2D eigenvalue weighted by Gasteiger charge is -2.05. The largest absolute Gasteiger partial charge is 0.325 e. The number of nitrogens with one attached hydrogen (secondary N) is 1. The van der Waals surface area contributed by atoms with Gasteiger partial charge in [-0.2, -0.15) is 0 Å². The van der Waals surface area contributed by atoms with Gasteiger partial charge in [0.1, 0.15) is 0 Å². The minimum atomic E-state index is -0.202. The molecule has 21 heavy (non-hydrogen) atoms. The van der Waals surface area contributed by atoms with Crippen molar-refractivity contribution in [3.8, 4) is 0 Å². The first-order chi connectivity index (χ1) is 10.0. The van der Waals surface area contributed by atoms with E-state index in [1.807, 2.05) is 44.2 Å². The Morgan fingerprint density at radius 2 is 2.00 bits per heavy atom. The molecular formula is C18H19NO2. The summed E-state index contributed by atoms with van der Waals surface area (Å²) in [5, 5.41) is 2.81. The molecule has 0 spiro atoms. The molecule has 0 radical (unpaired) electrons. The van der Waals surface area contributed by atoms with Gasteiger partial charge in [0.25, 0.3) is 0 Å². The number of carbonyl (C=O) groups is 2. The molecule has 0 aliphatic carbocycles. The SMILES string of the molecule is C\C=C/C=C\C=C(/C)C(=O)c1ccc2c(c1)C(C)C(=O)N2. The third kappa shape index (κ3) is 3.19. The van der Waals surface area contributed by atoms with Gasteiger partial charge in [-0.15, -0.1) is 0 Å². The van der Waals surface area contributed by atoms with E-state index in [2.05, 4.69) is 5.32 Å². The van der Waals surface area contributed by atoms with E-state index in [0.717, 1.165) is 11.3 Å². The van der Waals surface area contributed by atoms with Crippen molar-refractivity contribution < 1.29 is 9.59 Å². The molecule has 3 heteroatoms. The molecule has 3 nitrogen and oxygen atoms in total. The molecule has 1 atom stereocenters. The van der Waals surface area contributed by atoms with E-state index in [1.54, 1.807) is 25.1 Å². The van der Waals surface area contributed by atoms with Crippen molar-refractivity contribution in [3.05, 3.63) is 65.3 Å². The van der Waals surface area contributed by atoms with Crippen LogP contribution < -0.4 is 5.32 Å². The number of rotatable bonds is 4. The number of fused-ring (bicyclic) bond motifs is 1. The standard InChI is InChI=1S/C18H19NO2/c1-4-5-6-7-8-12(2)17(20)14-9-10-16-15(11-14)13(3)18(21)19-16/h4-11,13H,1-3H3,(H,19,21)/b5-4-,7-6-,12-8+. The Morgan fingerprint density at radius 1 is 1.24 bits per heavy atom. The molecule has 0 bridgehead atoms. The highest BCUT2D eigenvalue weighted by Crippen LogP contribution is 2.33. The van der Waals surface area contributed by atoms with Crippen LogP contribution in [0.5, 0.6) is 0 Å². The quantitative estimate of drug-likeness (QED) is 0.515. The van der Waals surface area contributed by atoms with E-state index < -0.39 is 0 Å². The first kappa shape index (κ1) is 15.0. The average molecular weight is 281 g/mol. The maximum atomic E-state index is 12.4. The highest BCUT2D eigenvalue weighted by atomic mass is 16.2. The van der Waals surface area contributed by atoms with Crippen LogP contribution >= 0.6 is 0 Å². The first-order valence-electron chi connectivity index (χ1n) is 7.00. The highest BCUT2D eigenvalue weighted by molar-refractivity contribution is 6.10. The molecule has 0 saturated carbocycles. The fourth-order valence-corrected chi connectivity index (χ4v) is 2.24. The molecule has 2 rings (SSSR count). The molecule has 1 N–H and O–H groups in total. The Bertz CT molecular complexity index is 666. The molecule has 1 heterocycles. The number of hydrogen-bond donors (Lipinski definition) is 1. The van der Waals surface area contributed by atoms with Gasteiger partial charge < -0.3 is 5.32 Å². The number of ketones is 1. The zero-order valence-corrected chi connectivity index (χ0v) is 12.5. The summed E-state index contributed by atoms with van der Waals surface area (Å²) in [6, 6.07) is 5.37. The fraction of sp³-hybridized carbons (Fsp3) is 0.222. The Kier molecular flexibility index (Phi) is 4.53. The van der Waals surface area contributed by atoms with Gasteiger partial charge in [0.2, 0.25) is 5.91 Å². The number of amides is 1. The number of hydrogen-bond acceptors (Lipinski definition) is 2. The Labute approximate surface area is 125 Å². The lowest BCUT2D eigenvalue weighted by Crippen LogP contribution is -2.08. The van der Waals surface area contributed by atoms with E-state index >= 15 is 0 Å². The van der Waals surface area contributed by atoms with E-state index in [4.69, 9.17) is 0 Å². The normalized spacial score (nSPS) is 18.3. The molecule has 0 saturated heterocycles. The van der Waals surface area contributed by atoms with Crippen LogP contribution in [-0.4, -0.2) is 11.7 Å². The zero-order chi connectivity index (χ0) is 15.4. The zero-order valence-electron chi connectivity index (χ0n) is 12.5. The maximum absolute atomic E-state index is 12.4. The van der Waals surface area contributed by atoms with Crippen molar-refractivity contribution in [1.29, 1.82) is 0 Å². The third-order valence-corrected chi connectivity index (χ3v) is 3.55. The van der Waals surface area contributed by atoms with Gasteiger partial charge in [0, 0.05) is 11.3 Å². The monoisotopic (exact) mass is 281 g/mol. The van der Waals surface area contributed by atoms with Crippen molar-refractivity contribution in [3.63, 3.8) is 0 Å². The second-order valence-electron chi connectivity index (χ2n) is 5.10. The predicted octanol–water partition coefficient (Wildman–Crippen LogP) is 4.00. The van der Waals surface area contributed by atoms with E-state index in [1.165, 1.54) is 0 Å². The summed E-state index contributed by atoms with van der Waals surface area (Å²) in [6.07, 6.45) is 9.34. The highest BCUT2D eigenvalue weighted by Gasteiger charge is 2.27. The summed E-state index contributed by atoms with van der Waals surface area (Å²) in [5.41, 5.74) is 2.98. The molecule has 1 amide bonds. The van der Waals surface area contributed by atoms with Gasteiger partial charge >= 0.3 is 0 Å². The smallest absolute Gasteiger partial charge is 0.231 e. The number of benzene rings is 1. The van der Waals surface area contributed by atoms with Gasteiger partial charge in [0.15, 0.2) is 5.78 Å². The summed E-state index contributed by atoms with van der Waals surface area (Å²) in [4.78, 5) is 24.0. The molecule has 1 unspecified atom stereocenters. The number of carbonyl (C=O) groups excluding carboxylic acids is 2. The minimum absolute atomic E-state index is 0.0175. The van der Waals surface area contributed by atoms with E-state index in [-0.39, 0.29) is 17.6 Å². The number of Topliss-reactive ketones (excluding diaryl/α,β-unsaturated/α-hetero) is 1. The molecular weight excluding hydrogens is 262 g/mol. The van der Waals surface area contributed by atoms with E-state index in [0.29, 0.717) is 11.1 Å². The van der Waals surface area contributed by atoms with Crippen LogP contribution in [0.3, 0.4) is 0 Å². The maximum Gasteiger partial charge on any atom is 0.231 e. The Morgan fingerprint density at radius 3 is 2.71 bits per heavy atom. The van der Waals surface area contributed by atoms with Crippen LogP contribution in [0.2, 0.25) is 0 Å². The van der Waals surface area contributed by atoms with Crippen LogP contribution in [0.4, 0.5) is 5.69 Å². The molecule has 1 aromatic carbocycles. The minimum Gasteiger partial charge on any atom is -0.325 e. The number of allylic oxidation sites excluding steroid dienone is 6. The molecule has 1 aliphatic heterocycles. The Balaban J connectivity index is 2.23. The summed E-state index contributed by atoms with van der Waals surface area (Å²) in [6.45, 7) is 5.58. The van der Waals surface area contributed by atoms with Crippen molar-refractivity contribution in [2.75, 3.05) is 5.32 Å². The van der Waals surface area contributed by atoms with Crippen molar-refractivity contribution >= 4 is 17.4 Å². The third-order valence-electron chi connectivity index (χ3n) is 3.55. The van der Waals surface area contributed by atoms with Gasteiger partial charge in [-0.25, -0.2) is 0 Å². The molecule has 0 fully saturated rings. The number of anilines is 1. The first-order valence-corrected chi connectivity index (χ1v) is 7.00. The van der Waals surface area contributed by atoms with Crippen molar-refractivity contribution in [2.24, 2.45) is 0 Å². The summed E-state index contributed by atoms with van der Waals surface area (Å²) >= 11 is 0. The fourth-order valence-electron chi connectivity index (χ4n) is 2.24. The summed E-state index contributed by atoms with van der Waals surface area (Å²) in [7, 11) is 0. The lowest BCUT2D eigenvalue weighted by atomic mass is 9.97. The van der Waals surface area contributed by atoms with Crippen LogP contribution in [-0.2, 0) is 4.79 Å². The second kappa shape index (κ2) is 6.35. The van der Waals surface area contributed by atoms with Crippen molar-refractivity contribution in [1.82, 2.24) is 0 Å². The van der Waals surface area contributed by atoms with Gasteiger partial charge in [0.05, 0.1) is 5.92 Å². The second-order valence-corrected chi connectivity index (χ2v) is 5.10. The van der Waals surface area contributed by atoms with Crippen LogP contribution in [0, 0.1) is 0 Å². The van der Waals surface area contributed by atoms with E-state index in [9.17, 15) is 9.59 Å². The topological polar surface area (TPSA) is 46.2 Å². The van der Waals surface area contributed by atoms with Gasteiger partial charge in [-0.05, 0) is 50.1 Å². The van der Waals surface area contributed by atoms with Gasteiger partial charge in [-0.3, -0.25) is 9.59 Å². The molecule has 1 aliphatic rings. The summed E-state index contributed by atoms with van der Waals surface area (Å²) < 4.78 is 0. The predicted molar refractivity (Wildman–Crippen MR) is 85.5 cm³/mol. The van der Waals surface area contributed by atoms with Gasteiger partial charge in [-0.1, -0.05) is 30.4 Å². The van der Waals surface area contributed by atoms with Crippen LogP contribution in [0.1, 0.15) is 42.6 Å². The van der Waals surface area contributed by atoms with Crippen molar-refractivity contribution in [2.45, 2.75) is 26.7 Å². The lowest BCUT2D eigenvalue weighted by molar-refractivity contribution is -0.116. The van der Waals surface area contributed by atoms with Crippen LogP contribution in [0.25, 0.3) is 0 Å². The average Bonchev–Trinajstić information content (AvgIpc) is 2.77.